The van der Waals surface area contributed by atoms with Gasteiger partial charge in [0.25, 0.3) is 5.91 Å². The van der Waals surface area contributed by atoms with Crippen molar-refractivity contribution in [2.75, 3.05) is 51.0 Å². The Morgan fingerprint density at radius 2 is 2.12 bits per heavy atom. The van der Waals surface area contributed by atoms with Crippen LogP contribution in [0.2, 0.25) is 0 Å². The molecule has 1 saturated heterocycles. The Morgan fingerprint density at radius 1 is 1.32 bits per heavy atom. The molecular weight excluding hydrogens is 550 g/mol. The van der Waals surface area contributed by atoms with Crippen LogP contribution < -0.4 is 20.7 Å². The van der Waals surface area contributed by atoms with Crippen molar-refractivity contribution in [1.29, 1.82) is 0 Å². The summed E-state index contributed by atoms with van der Waals surface area (Å²) < 4.78 is 61.6. The Kier molecular flexibility index (Phi) is 9.26. The van der Waals surface area contributed by atoms with E-state index >= 15 is 0 Å². The van der Waals surface area contributed by atoms with Crippen LogP contribution in [0.25, 0.3) is 5.65 Å². The van der Waals surface area contributed by atoms with Crippen molar-refractivity contribution < 1.29 is 27.1 Å². The van der Waals surface area contributed by atoms with Gasteiger partial charge in [-0.2, -0.15) is 13.2 Å². The summed E-state index contributed by atoms with van der Waals surface area (Å²) in [4.78, 5) is 22.6. The summed E-state index contributed by atoms with van der Waals surface area (Å²) in [6.45, 7) is 3.22. The molecule has 1 fully saturated rings. The van der Waals surface area contributed by atoms with Gasteiger partial charge in [-0.25, -0.2) is 14.4 Å². The number of thioether (sulfide) groups is 1. The number of carbonyl (C=O) groups is 1. The number of fused-ring (bicyclic) bond motifs is 1. The predicted molar refractivity (Wildman–Crippen MR) is 146 cm³/mol. The van der Waals surface area contributed by atoms with Gasteiger partial charge in [-0.15, -0.1) is 0 Å². The first-order valence-electron chi connectivity index (χ1n) is 12.5. The highest BCUT2D eigenvalue weighted by Gasteiger charge is 2.34. The number of nitrogens with zero attached hydrogens (tertiary/aromatic N) is 4. The van der Waals surface area contributed by atoms with E-state index in [0.717, 1.165) is 0 Å². The Balaban J connectivity index is 1.60. The monoisotopic (exact) mass is 579 g/mol. The number of imidazole rings is 1. The van der Waals surface area contributed by atoms with Crippen molar-refractivity contribution in [2.24, 2.45) is 0 Å². The number of piperidine rings is 1. The zero-order valence-corrected chi connectivity index (χ0v) is 22.9. The SMILES string of the molecule is CCNC(=O)c1ccc(OC)c(NCC#Cc2nc3c(N[C@@H]4CCN(C)C[C@@H]4F)nccn3c2SC(F)(F)F)c1. The van der Waals surface area contributed by atoms with Crippen molar-refractivity contribution in [3.63, 3.8) is 0 Å². The standard InChI is InChI=1S/C26H29F4N7O2S/c1-4-31-24(38)16-7-8-21(39-3)20(14-16)32-10-5-6-19-25(40-26(28,29)30)37-13-11-33-22(23(37)35-19)34-18-9-12-36(2)15-17(18)27/h7-8,11,13-14,17-18,32H,4,9-10,12,15H2,1-3H3,(H,31,38)(H,33,34)/t17-,18+/m0/s1. The molecule has 0 saturated carbocycles. The number of carbonyl (C=O) groups excluding carboxylic acids is 1. The van der Waals surface area contributed by atoms with E-state index in [9.17, 15) is 22.4 Å². The molecule has 214 valence electrons. The Bertz CT molecular complexity index is 1420. The van der Waals surface area contributed by atoms with Gasteiger partial charge in [0, 0.05) is 49.4 Å². The molecule has 2 aromatic heterocycles. The average Bonchev–Trinajstić information content (AvgIpc) is 3.24. The van der Waals surface area contributed by atoms with Gasteiger partial charge < -0.3 is 25.6 Å². The summed E-state index contributed by atoms with van der Waals surface area (Å²) in [6.07, 6.45) is 2.04. The van der Waals surface area contributed by atoms with E-state index in [1.54, 1.807) is 18.2 Å². The average molecular weight is 580 g/mol. The summed E-state index contributed by atoms with van der Waals surface area (Å²) >= 11 is -0.334. The minimum Gasteiger partial charge on any atom is -0.495 e. The molecule has 1 aromatic carbocycles. The second-order valence-electron chi connectivity index (χ2n) is 9.03. The maximum atomic E-state index is 14.6. The molecule has 0 radical (unpaired) electrons. The fourth-order valence-corrected chi connectivity index (χ4v) is 4.92. The first kappa shape index (κ1) is 29.3. The number of amides is 1. The number of methoxy groups -OCH3 is 1. The van der Waals surface area contributed by atoms with Crippen LogP contribution in [0.5, 0.6) is 5.75 Å². The number of rotatable bonds is 8. The van der Waals surface area contributed by atoms with Crippen molar-refractivity contribution in [2.45, 2.75) is 36.1 Å². The van der Waals surface area contributed by atoms with Gasteiger partial charge in [0.1, 0.15) is 22.6 Å². The summed E-state index contributed by atoms with van der Waals surface area (Å²) in [6, 6.07) is 4.31. The number of benzene rings is 1. The van der Waals surface area contributed by atoms with Crippen LogP contribution in [-0.4, -0.2) is 83.2 Å². The molecule has 3 N–H and O–H groups in total. The van der Waals surface area contributed by atoms with Crippen molar-refractivity contribution >= 4 is 34.8 Å². The minimum atomic E-state index is -4.59. The quantitative estimate of drug-likeness (QED) is 0.209. The van der Waals surface area contributed by atoms with Gasteiger partial charge in [-0.05, 0) is 44.5 Å². The highest BCUT2D eigenvalue weighted by molar-refractivity contribution is 8.00. The van der Waals surface area contributed by atoms with E-state index in [4.69, 9.17) is 4.74 Å². The number of anilines is 2. The Morgan fingerprint density at radius 3 is 2.83 bits per heavy atom. The fraction of sp³-hybridized carbons (Fsp3) is 0.423. The molecule has 2 atom stereocenters. The minimum absolute atomic E-state index is 0.0295. The lowest BCUT2D eigenvalue weighted by Crippen LogP contribution is -2.46. The van der Waals surface area contributed by atoms with E-state index in [1.807, 2.05) is 18.9 Å². The van der Waals surface area contributed by atoms with Crippen LogP contribution in [-0.2, 0) is 0 Å². The van der Waals surface area contributed by atoms with Crippen molar-refractivity contribution in [3.05, 3.63) is 41.9 Å². The smallest absolute Gasteiger partial charge is 0.447 e. The molecule has 1 amide bonds. The van der Waals surface area contributed by atoms with Gasteiger partial charge in [-0.1, -0.05) is 5.92 Å². The van der Waals surface area contributed by atoms with Crippen LogP contribution in [0, 0.1) is 11.8 Å². The molecular formula is C26H29F4N7O2S. The Labute approximate surface area is 233 Å². The third kappa shape index (κ3) is 7.08. The third-order valence-electron chi connectivity index (χ3n) is 6.15. The molecule has 0 aliphatic carbocycles. The van der Waals surface area contributed by atoms with Crippen LogP contribution >= 0.6 is 11.8 Å². The van der Waals surface area contributed by atoms with E-state index in [1.165, 1.54) is 23.9 Å². The maximum Gasteiger partial charge on any atom is 0.447 e. The van der Waals surface area contributed by atoms with Crippen LogP contribution in [0.15, 0.2) is 35.6 Å². The normalized spacial score (nSPS) is 17.7. The number of aromatic nitrogens is 3. The lowest BCUT2D eigenvalue weighted by molar-refractivity contribution is -0.0330. The highest BCUT2D eigenvalue weighted by atomic mass is 32.2. The Hall–Kier alpha value is -3.70. The van der Waals surface area contributed by atoms with Gasteiger partial charge in [0.15, 0.2) is 11.5 Å². The molecule has 3 heterocycles. The maximum absolute atomic E-state index is 14.6. The number of hydrogen-bond donors (Lipinski definition) is 3. The molecule has 3 aromatic rings. The topological polar surface area (TPSA) is 95.8 Å². The molecule has 4 rings (SSSR count). The lowest BCUT2D eigenvalue weighted by Gasteiger charge is -2.32. The van der Waals surface area contributed by atoms with Gasteiger partial charge in [-0.3, -0.25) is 9.20 Å². The largest absolute Gasteiger partial charge is 0.495 e. The molecule has 0 unspecified atom stereocenters. The number of nitrogens with one attached hydrogen (secondary N) is 3. The van der Waals surface area contributed by atoms with E-state index < -0.39 is 17.7 Å². The number of alkyl halides is 4. The molecule has 0 bridgehead atoms. The molecule has 1 aliphatic rings. The zero-order valence-electron chi connectivity index (χ0n) is 22.1. The fourth-order valence-electron chi connectivity index (χ4n) is 4.26. The number of halogens is 4. The van der Waals surface area contributed by atoms with Gasteiger partial charge in [0.2, 0.25) is 0 Å². The third-order valence-corrected chi connectivity index (χ3v) is 6.97. The van der Waals surface area contributed by atoms with Gasteiger partial charge >= 0.3 is 5.51 Å². The molecule has 1 aliphatic heterocycles. The highest BCUT2D eigenvalue weighted by Crippen LogP contribution is 2.39. The summed E-state index contributed by atoms with van der Waals surface area (Å²) in [7, 11) is 3.30. The molecule has 14 heteroatoms. The van der Waals surface area contributed by atoms with E-state index in [0.29, 0.717) is 36.5 Å². The number of hydrogen-bond acceptors (Lipinski definition) is 8. The van der Waals surface area contributed by atoms with Gasteiger partial charge in [0.05, 0.1) is 25.4 Å². The predicted octanol–water partition coefficient (Wildman–Crippen LogP) is 4.02. The van der Waals surface area contributed by atoms with E-state index in [2.05, 4.69) is 37.8 Å². The summed E-state index contributed by atoms with van der Waals surface area (Å²) in [5, 5.41) is 8.55. The van der Waals surface area contributed by atoms with Crippen LogP contribution in [0.1, 0.15) is 29.4 Å². The van der Waals surface area contributed by atoms with Crippen molar-refractivity contribution in [3.8, 4) is 17.6 Å². The summed E-state index contributed by atoms with van der Waals surface area (Å²) in [5.74, 6) is 5.91. The second-order valence-corrected chi connectivity index (χ2v) is 10.1. The lowest BCUT2D eigenvalue weighted by atomic mass is 10.0. The number of likely N-dealkylation sites (tertiary alicyclic amines) is 1. The molecule has 9 nitrogen and oxygen atoms in total. The van der Waals surface area contributed by atoms with Crippen LogP contribution in [0.3, 0.4) is 0 Å². The zero-order chi connectivity index (χ0) is 28.9. The first-order valence-corrected chi connectivity index (χ1v) is 13.3. The summed E-state index contributed by atoms with van der Waals surface area (Å²) in [5.41, 5.74) is -3.66. The second kappa shape index (κ2) is 12.6. The number of ether oxygens (including phenoxy) is 1. The first-order chi connectivity index (χ1) is 19.1. The van der Waals surface area contributed by atoms with Crippen LogP contribution in [0.4, 0.5) is 29.1 Å². The van der Waals surface area contributed by atoms with Crippen molar-refractivity contribution in [1.82, 2.24) is 24.6 Å². The molecule has 0 spiro atoms. The van der Waals surface area contributed by atoms with E-state index in [-0.39, 0.29) is 52.9 Å². The molecule has 40 heavy (non-hydrogen) atoms.